The Morgan fingerprint density at radius 1 is 1.15 bits per heavy atom. The second-order valence-corrected chi connectivity index (χ2v) is 8.91. The van der Waals surface area contributed by atoms with Gasteiger partial charge in [0.15, 0.2) is 0 Å². The molecule has 1 aliphatic carbocycles. The van der Waals surface area contributed by atoms with Crippen LogP contribution in [0.4, 0.5) is 0 Å². The number of hydrogen-bond donors (Lipinski definition) is 2. The number of benzene rings is 1. The van der Waals surface area contributed by atoms with E-state index in [0.29, 0.717) is 19.4 Å². The van der Waals surface area contributed by atoms with E-state index in [-0.39, 0.29) is 50.4 Å². The third kappa shape index (κ3) is 8.78. The fraction of sp³-hybridized carbons (Fsp3) is 0.519. The quantitative estimate of drug-likeness (QED) is 0.302. The summed E-state index contributed by atoms with van der Waals surface area (Å²) in [5, 5.41) is 12.6. The van der Waals surface area contributed by atoms with Gasteiger partial charge in [-0.2, -0.15) is 0 Å². The van der Waals surface area contributed by atoms with Crippen LogP contribution in [-0.2, 0) is 25.7 Å². The molecule has 0 radical (unpaired) electrons. The summed E-state index contributed by atoms with van der Waals surface area (Å²) in [5.41, 5.74) is 0.357. The number of aliphatic hydroxyl groups excluding tert-OH is 1. The van der Waals surface area contributed by atoms with Gasteiger partial charge in [0.1, 0.15) is 6.61 Å². The monoisotopic (exact) mass is 470 g/mol. The van der Waals surface area contributed by atoms with Crippen LogP contribution in [0.2, 0.25) is 0 Å². The highest BCUT2D eigenvalue weighted by Gasteiger charge is 2.38. The molecule has 0 aromatic heterocycles. The Hall–Kier alpha value is -2.93. The molecular weight excluding hydrogens is 432 g/mol. The molecule has 1 fully saturated rings. The van der Waals surface area contributed by atoms with Gasteiger partial charge in [-0.25, -0.2) is 0 Å². The first-order valence-electron chi connectivity index (χ1n) is 12.0. The average molecular weight is 471 g/mol. The minimum atomic E-state index is -0.599. The first kappa shape index (κ1) is 27.3. The zero-order chi connectivity index (χ0) is 24.8. The SMILES string of the molecule is C=CCCC(=O)OCC1(NC(=O)[C@@H](CC=C)CC(=O)N(CCO)Cc2ccccc2)CCCC1. The van der Waals surface area contributed by atoms with E-state index in [1.54, 1.807) is 17.1 Å². The first-order valence-corrected chi connectivity index (χ1v) is 12.0. The lowest BCUT2D eigenvalue weighted by Crippen LogP contribution is -2.52. The van der Waals surface area contributed by atoms with Gasteiger partial charge < -0.3 is 20.1 Å². The van der Waals surface area contributed by atoms with E-state index in [4.69, 9.17) is 4.74 Å². The van der Waals surface area contributed by atoms with Crippen LogP contribution in [0.25, 0.3) is 0 Å². The van der Waals surface area contributed by atoms with Gasteiger partial charge in [-0.1, -0.05) is 55.3 Å². The van der Waals surface area contributed by atoms with Crippen LogP contribution in [0.1, 0.15) is 56.9 Å². The summed E-state index contributed by atoms with van der Waals surface area (Å²) in [4.78, 5) is 39.9. The van der Waals surface area contributed by atoms with Crippen LogP contribution in [0, 0.1) is 5.92 Å². The highest BCUT2D eigenvalue weighted by molar-refractivity contribution is 5.86. The van der Waals surface area contributed by atoms with Crippen LogP contribution in [0.15, 0.2) is 55.6 Å². The Morgan fingerprint density at radius 3 is 2.47 bits per heavy atom. The van der Waals surface area contributed by atoms with Gasteiger partial charge in [0.05, 0.1) is 18.1 Å². The number of esters is 1. The van der Waals surface area contributed by atoms with E-state index in [1.807, 2.05) is 30.3 Å². The number of nitrogens with zero attached hydrogens (tertiary/aromatic N) is 1. The summed E-state index contributed by atoms with van der Waals surface area (Å²) in [6.45, 7) is 7.91. The molecule has 2 N–H and O–H groups in total. The molecule has 0 aliphatic heterocycles. The van der Waals surface area contributed by atoms with Gasteiger partial charge in [-0.15, -0.1) is 13.2 Å². The van der Waals surface area contributed by atoms with Crippen LogP contribution < -0.4 is 5.32 Å². The Morgan fingerprint density at radius 2 is 1.85 bits per heavy atom. The van der Waals surface area contributed by atoms with E-state index in [0.717, 1.165) is 31.2 Å². The van der Waals surface area contributed by atoms with Crippen LogP contribution in [0.5, 0.6) is 0 Å². The molecule has 34 heavy (non-hydrogen) atoms. The zero-order valence-electron chi connectivity index (χ0n) is 20.0. The molecule has 1 aromatic carbocycles. The fourth-order valence-corrected chi connectivity index (χ4v) is 4.27. The first-order chi connectivity index (χ1) is 16.4. The van der Waals surface area contributed by atoms with Crippen LogP contribution >= 0.6 is 0 Å². The molecule has 1 saturated carbocycles. The molecule has 7 heteroatoms. The summed E-state index contributed by atoms with van der Waals surface area (Å²) in [6, 6.07) is 9.55. The number of aliphatic hydroxyl groups is 1. The van der Waals surface area contributed by atoms with E-state index >= 15 is 0 Å². The van der Waals surface area contributed by atoms with Crippen molar-refractivity contribution < 1.29 is 24.2 Å². The second kappa shape index (κ2) is 14.4. The molecule has 2 rings (SSSR count). The number of hydrogen-bond acceptors (Lipinski definition) is 5. The van der Waals surface area contributed by atoms with E-state index in [2.05, 4.69) is 18.5 Å². The third-order valence-corrected chi connectivity index (χ3v) is 6.19. The topological polar surface area (TPSA) is 95.9 Å². The van der Waals surface area contributed by atoms with Crippen molar-refractivity contribution in [3.63, 3.8) is 0 Å². The molecule has 7 nitrogen and oxygen atoms in total. The molecule has 0 bridgehead atoms. The molecule has 186 valence electrons. The molecule has 0 heterocycles. The van der Waals surface area contributed by atoms with Gasteiger partial charge >= 0.3 is 5.97 Å². The lowest BCUT2D eigenvalue weighted by Gasteiger charge is -2.32. The summed E-state index contributed by atoms with van der Waals surface area (Å²) in [5.74, 6) is -1.33. The molecule has 2 amide bonds. The van der Waals surface area contributed by atoms with Crippen molar-refractivity contribution in [3.05, 3.63) is 61.2 Å². The minimum absolute atomic E-state index is 0.0138. The maximum Gasteiger partial charge on any atom is 0.306 e. The molecule has 1 atom stereocenters. The predicted molar refractivity (Wildman–Crippen MR) is 132 cm³/mol. The van der Waals surface area contributed by atoms with Gasteiger partial charge in [0.2, 0.25) is 11.8 Å². The van der Waals surface area contributed by atoms with Crippen molar-refractivity contribution >= 4 is 17.8 Å². The van der Waals surface area contributed by atoms with Gasteiger partial charge in [-0.05, 0) is 31.2 Å². The number of rotatable bonds is 15. The summed E-state index contributed by atoms with van der Waals surface area (Å²) in [7, 11) is 0. The molecule has 0 unspecified atom stereocenters. The predicted octanol–water partition coefficient (Wildman–Crippen LogP) is 3.53. The average Bonchev–Trinajstić information content (AvgIpc) is 3.30. The lowest BCUT2D eigenvalue weighted by molar-refractivity contribution is -0.147. The number of amides is 2. The normalized spacial score (nSPS) is 15.2. The van der Waals surface area contributed by atoms with Gasteiger partial charge in [0, 0.05) is 25.9 Å². The van der Waals surface area contributed by atoms with Crippen molar-refractivity contribution in [2.75, 3.05) is 19.8 Å². The zero-order valence-corrected chi connectivity index (χ0v) is 20.0. The Labute approximate surface area is 202 Å². The molecular formula is C27H38N2O5. The van der Waals surface area contributed by atoms with Crippen molar-refractivity contribution in [1.29, 1.82) is 0 Å². The Bertz CT molecular complexity index is 818. The Balaban J connectivity index is 2.04. The molecule has 0 spiro atoms. The number of allylic oxidation sites excluding steroid dienone is 2. The van der Waals surface area contributed by atoms with Gasteiger partial charge in [-0.3, -0.25) is 14.4 Å². The van der Waals surface area contributed by atoms with Gasteiger partial charge in [0.25, 0.3) is 0 Å². The smallest absolute Gasteiger partial charge is 0.306 e. The summed E-state index contributed by atoms with van der Waals surface area (Å²) >= 11 is 0. The molecule has 0 saturated heterocycles. The van der Waals surface area contributed by atoms with Crippen LogP contribution in [-0.4, -0.2) is 53.1 Å². The van der Waals surface area contributed by atoms with Crippen molar-refractivity contribution in [1.82, 2.24) is 10.2 Å². The largest absolute Gasteiger partial charge is 0.463 e. The fourth-order valence-electron chi connectivity index (χ4n) is 4.27. The maximum atomic E-state index is 13.3. The maximum absolute atomic E-state index is 13.3. The minimum Gasteiger partial charge on any atom is -0.463 e. The highest BCUT2D eigenvalue weighted by atomic mass is 16.5. The number of carbonyl (C=O) groups is 3. The van der Waals surface area contributed by atoms with E-state index in [9.17, 15) is 19.5 Å². The standard InChI is InChI=1S/C27H38N2O5/c1-3-5-14-25(32)34-21-27(15-9-10-16-27)28-26(33)23(11-4-2)19-24(31)29(17-18-30)20-22-12-7-6-8-13-22/h3-4,6-8,12-13,23,30H,1-2,5,9-11,14-21H2,(H,28,33)/t23-/m0/s1. The second-order valence-electron chi connectivity index (χ2n) is 8.91. The number of carbonyl (C=O) groups excluding carboxylic acids is 3. The molecule has 1 aliphatic rings. The summed E-state index contributed by atoms with van der Waals surface area (Å²) < 4.78 is 5.47. The lowest BCUT2D eigenvalue weighted by atomic mass is 9.94. The molecule has 1 aromatic rings. The number of nitrogens with one attached hydrogen (secondary N) is 1. The summed E-state index contributed by atoms with van der Waals surface area (Å²) in [6.07, 6.45) is 7.83. The van der Waals surface area contributed by atoms with Crippen molar-refractivity contribution in [3.8, 4) is 0 Å². The van der Waals surface area contributed by atoms with Crippen LogP contribution in [0.3, 0.4) is 0 Å². The Kier molecular flexibility index (Phi) is 11.5. The van der Waals surface area contributed by atoms with Crippen molar-refractivity contribution in [2.24, 2.45) is 5.92 Å². The van der Waals surface area contributed by atoms with Crippen molar-refractivity contribution in [2.45, 2.75) is 63.5 Å². The third-order valence-electron chi connectivity index (χ3n) is 6.19. The van der Waals surface area contributed by atoms with E-state index in [1.165, 1.54) is 0 Å². The highest BCUT2D eigenvalue weighted by Crippen LogP contribution is 2.31. The number of ether oxygens (including phenoxy) is 1. The van der Waals surface area contributed by atoms with E-state index < -0.39 is 11.5 Å².